The fraction of sp³-hybridized carbons (Fsp3) is 0.304. The number of ether oxygens (including phenoxy) is 1. The Kier molecular flexibility index (Phi) is 5.53. The summed E-state index contributed by atoms with van der Waals surface area (Å²) in [7, 11) is 0. The topological polar surface area (TPSA) is 60.3 Å². The van der Waals surface area contributed by atoms with E-state index in [2.05, 4.69) is 12.2 Å². The molecule has 1 N–H and O–H groups in total. The van der Waals surface area contributed by atoms with Crippen LogP contribution in [0.1, 0.15) is 51.4 Å². The van der Waals surface area contributed by atoms with Crippen LogP contribution in [0.2, 0.25) is 0 Å². The lowest BCUT2D eigenvalue weighted by molar-refractivity contribution is 0.0526. The standard InChI is InChI=1S/C23H24N2O3S/c1-3-28-23(27)20-18-11-6-15(2)14-19(18)29-22(20)24-21(26)16-7-9-17(10-8-16)25-12-4-5-13-25/h4-5,7-10,12-13,15H,3,6,11,14H2,1-2H3,(H,24,26). The molecule has 1 aromatic carbocycles. The zero-order chi connectivity index (χ0) is 20.4. The molecule has 1 aliphatic rings. The summed E-state index contributed by atoms with van der Waals surface area (Å²) >= 11 is 1.51. The molecule has 5 nitrogen and oxygen atoms in total. The van der Waals surface area contributed by atoms with Crippen molar-refractivity contribution in [2.75, 3.05) is 11.9 Å². The summed E-state index contributed by atoms with van der Waals surface area (Å²) in [4.78, 5) is 26.6. The molecule has 1 atom stereocenters. The van der Waals surface area contributed by atoms with Crippen molar-refractivity contribution in [1.82, 2.24) is 4.57 Å². The van der Waals surface area contributed by atoms with Gasteiger partial charge in [-0.3, -0.25) is 4.79 Å². The van der Waals surface area contributed by atoms with Crippen molar-refractivity contribution >= 4 is 28.2 Å². The fourth-order valence-corrected chi connectivity index (χ4v) is 5.12. The predicted octanol–water partition coefficient (Wildman–Crippen LogP) is 5.09. The van der Waals surface area contributed by atoms with Crippen molar-refractivity contribution in [1.29, 1.82) is 0 Å². The minimum absolute atomic E-state index is 0.221. The SMILES string of the molecule is CCOC(=O)c1c(NC(=O)c2ccc(-n3cccc3)cc2)sc2c1CCC(C)C2. The summed E-state index contributed by atoms with van der Waals surface area (Å²) in [6, 6.07) is 11.3. The molecule has 4 rings (SSSR count). The van der Waals surface area contributed by atoms with Gasteiger partial charge in [0.2, 0.25) is 0 Å². The Balaban J connectivity index is 1.60. The summed E-state index contributed by atoms with van der Waals surface area (Å²) in [6.07, 6.45) is 6.75. The van der Waals surface area contributed by atoms with E-state index in [1.807, 2.05) is 41.2 Å². The van der Waals surface area contributed by atoms with Crippen molar-refractivity contribution in [3.05, 3.63) is 70.4 Å². The molecule has 0 aliphatic heterocycles. The van der Waals surface area contributed by atoms with Crippen molar-refractivity contribution in [2.24, 2.45) is 5.92 Å². The van der Waals surface area contributed by atoms with Crippen LogP contribution in [0.15, 0.2) is 48.8 Å². The fourth-order valence-electron chi connectivity index (χ4n) is 3.72. The molecule has 0 spiro atoms. The van der Waals surface area contributed by atoms with Gasteiger partial charge in [-0.1, -0.05) is 6.92 Å². The Bertz CT molecular complexity index is 1020. The molecule has 0 saturated carbocycles. The minimum atomic E-state index is -0.349. The molecule has 29 heavy (non-hydrogen) atoms. The average molecular weight is 409 g/mol. The maximum atomic E-state index is 12.9. The first kappa shape index (κ1) is 19.5. The highest BCUT2D eigenvalue weighted by Gasteiger charge is 2.29. The highest BCUT2D eigenvalue weighted by molar-refractivity contribution is 7.17. The van der Waals surface area contributed by atoms with Crippen LogP contribution in [0.25, 0.3) is 5.69 Å². The smallest absolute Gasteiger partial charge is 0.341 e. The van der Waals surface area contributed by atoms with Gasteiger partial charge in [0.05, 0.1) is 12.2 Å². The third-order valence-corrected chi connectivity index (χ3v) is 6.42. The average Bonchev–Trinajstić information content (AvgIpc) is 3.35. The van der Waals surface area contributed by atoms with Crippen LogP contribution in [0.5, 0.6) is 0 Å². The second kappa shape index (κ2) is 8.25. The molecular weight excluding hydrogens is 384 g/mol. The summed E-state index contributed by atoms with van der Waals surface area (Å²) < 4.78 is 7.26. The normalized spacial score (nSPS) is 15.6. The van der Waals surface area contributed by atoms with E-state index in [-0.39, 0.29) is 11.9 Å². The number of esters is 1. The second-order valence-electron chi connectivity index (χ2n) is 7.37. The number of nitrogens with zero attached hydrogens (tertiary/aromatic N) is 1. The zero-order valence-corrected chi connectivity index (χ0v) is 17.4. The Labute approximate surface area is 174 Å². The van der Waals surface area contributed by atoms with Gasteiger partial charge in [0, 0.05) is 28.5 Å². The van der Waals surface area contributed by atoms with Crippen LogP contribution >= 0.6 is 11.3 Å². The Morgan fingerprint density at radius 2 is 1.93 bits per heavy atom. The number of amides is 1. The van der Waals surface area contributed by atoms with Crippen molar-refractivity contribution in [2.45, 2.75) is 33.1 Å². The summed E-state index contributed by atoms with van der Waals surface area (Å²) in [6.45, 7) is 4.33. The molecular formula is C23H24N2O3S. The molecule has 0 saturated heterocycles. The predicted molar refractivity (Wildman–Crippen MR) is 115 cm³/mol. The maximum absolute atomic E-state index is 12.9. The van der Waals surface area contributed by atoms with E-state index in [1.165, 1.54) is 16.2 Å². The molecule has 2 aromatic heterocycles. The number of thiophene rings is 1. The molecule has 2 heterocycles. The molecule has 0 fully saturated rings. The third kappa shape index (κ3) is 3.98. The van der Waals surface area contributed by atoms with Gasteiger partial charge in [0.25, 0.3) is 5.91 Å². The minimum Gasteiger partial charge on any atom is -0.462 e. The lowest BCUT2D eigenvalue weighted by Gasteiger charge is -2.18. The van der Waals surface area contributed by atoms with Crippen LogP contribution in [0, 0.1) is 5.92 Å². The highest BCUT2D eigenvalue weighted by atomic mass is 32.1. The first-order chi connectivity index (χ1) is 14.1. The second-order valence-corrected chi connectivity index (χ2v) is 8.47. The Morgan fingerprint density at radius 3 is 2.62 bits per heavy atom. The van der Waals surface area contributed by atoms with E-state index in [0.29, 0.717) is 28.7 Å². The number of anilines is 1. The summed E-state index contributed by atoms with van der Waals surface area (Å²) in [5.41, 5.74) is 3.12. The van der Waals surface area contributed by atoms with Gasteiger partial charge in [-0.25, -0.2) is 4.79 Å². The molecule has 6 heteroatoms. The maximum Gasteiger partial charge on any atom is 0.341 e. The van der Waals surface area contributed by atoms with Crippen molar-refractivity contribution in [3.63, 3.8) is 0 Å². The van der Waals surface area contributed by atoms with Gasteiger partial charge in [0.15, 0.2) is 0 Å². The zero-order valence-electron chi connectivity index (χ0n) is 16.6. The number of carbonyl (C=O) groups is 2. The number of benzene rings is 1. The quantitative estimate of drug-likeness (QED) is 0.598. The first-order valence-corrected chi connectivity index (χ1v) is 10.7. The Hall–Kier alpha value is -2.86. The molecule has 0 bridgehead atoms. The molecule has 1 amide bonds. The molecule has 3 aromatic rings. The van der Waals surface area contributed by atoms with Gasteiger partial charge in [-0.05, 0) is 74.1 Å². The van der Waals surface area contributed by atoms with Gasteiger partial charge in [-0.2, -0.15) is 0 Å². The number of rotatable bonds is 5. The van der Waals surface area contributed by atoms with E-state index >= 15 is 0 Å². The van der Waals surface area contributed by atoms with Crippen LogP contribution in [-0.4, -0.2) is 23.1 Å². The van der Waals surface area contributed by atoms with E-state index < -0.39 is 0 Å². The van der Waals surface area contributed by atoms with E-state index in [4.69, 9.17) is 4.74 Å². The van der Waals surface area contributed by atoms with E-state index in [9.17, 15) is 9.59 Å². The Morgan fingerprint density at radius 1 is 1.21 bits per heavy atom. The van der Waals surface area contributed by atoms with Gasteiger partial charge in [-0.15, -0.1) is 11.3 Å². The van der Waals surface area contributed by atoms with Crippen molar-refractivity contribution in [3.8, 4) is 5.69 Å². The first-order valence-electron chi connectivity index (χ1n) is 9.93. The lowest BCUT2D eigenvalue weighted by Crippen LogP contribution is -2.16. The van der Waals surface area contributed by atoms with Gasteiger partial charge >= 0.3 is 5.97 Å². The third-order valence-electron chi connectivity index (χ3n) is 5.25. The molecule has 0 radical (unpaired) electrons. The van der Waals surface area contributed by atoms with E-state index in [0.717, 1.165) is 30.5 Å². The van der Waals surface area contributed by atoms with Gasteiger partial charge < -0.3 is 14.6 Å². The van der Waals surface area contributed by atoms with Crippen LogP contribution in [-0.2, 0) is 17.6 Å². The van der Waals surface area contributed by atoms with Crippen LogP contribution in [0.4, 0.5) is 5.00 Å². The monoisotopic (exact) mass is 408 g/mol. The number of hydrogen-bond donors (Lipinski definition) is 1. The number of fused-ring (bicyclic) bond motifs is 1. The lowest BCUT2D eigenvalue weighted by atomic mass is 9.88. The summed E-state index contributed by atoms with van der Waals surface area (Å²) in [5, 5.41) is 3.56. The van der Waals surface area contributed by atoms with Crippen LogP contribution < -0.4 is 5.32 Å². The van der Waals surface area contributed by atoms with Gasteiger partial charge in [0.1, 0.15) is 5.00 Å². The van der Waals surface area contributed by atoms with E-state index in [1.54, 1.807) is 19.1 Å². The molecule has 1 unspecified atom stereocenters. The number of hydrogen-bond acceptors (Lipinski definition) is 4. The molecule has 150 valence electrons. The van der Waals surface area contributed by atoms with Crippen LogP contribution in [0.3, 0.4) is 0 Å². The number of carbonyl (C=O) groups excluding carboxylic acids is 2. The highest BCUT2D eigenvalue weighted by Crippen LogP contribution is 2.40. The number of aromatic nitrogens is 1. The largest absolute Gasteiger partial charge is 0.462 e. The summed E-state index contributed by atoms with van der Waals surface area (Å²) in [5.74, 6) is 0.0139. The molecule has 1 aliphatic carbocycles. The number of nitrogens with one attached hydrogen (secondary N) is 1. The van der Waals surface area contributed by atoms with Crippen molar-refractivity contribution < 1.29 is 14.3 Å².